The van der Waals surface area contributed by atoms with Crippen molar-refractivity contribution in [1.82, 2.24) is 0 Å². The maximum absolute atomic E-state index is 12.5. The molecule has 1 aliphatic heterocycles. The summed E-state index contributed by atoms with van der Waals surface area (Å²) in [5.41, 5.74) is 3.74. The van der Waals surface area contributed by atoms with E-state index in [9.17, 15) is 4.79 Å². The maximum Gasteiger partial charge on any atom is 0.193 e. The number of carbonyl (C=O) groups excluding carboxylic acids is 1. The van der Waals surface area contributed by atoms with Crippen molar-refractivity contribution >= 4 is 11.5 Å². The fourth-order valence-corrected chi connectivity index (χ4v) is 2.49. The minimum atomic E-state index is 0.0306. The summed E-state index contributed by atoms with van der Waals surface area (Å²) in [6.07, 6.45) is 1.03. The molecule has 0 saturated heterocycles. The molecule has 20 heavy (non-hydrogen) atoms. The zero-order chi connectivity index (χ0) is 13.9. The molecule has 0 fully saturated rings. The molecular formula is C17H17NO2. The first kappa shape index (κ1) is 12.7. The molecule has 0 spiro atoms. The first-order chi connectivity index (χ1) is 9.78. The Morgan fingerprint density at radius 1 is 1.20 bits per heavy atom. The molecule has 0 amide bonds. The molecule has 0 aromatic heterocycles. The molecule has 3 rings (SSSR count). The van der Waals surface area contributed by atoms with Crippen molar-refractivity contribution in [3.8, 4) is 5.75 Å². The van der Waals surface area contributed by atoms with Crippen molar-refractivity contribution in [1.29, 1.82) is 0 Å². The highest BCUT2D eigenvalue weighted by atomic mass is 16.5. The van der Waals surface area contributed by atoms with Gasteiger partial charge in [-0.05, 0) is 37.1 Å². The van der Waals surface area contributed by atoms with Crippen LogP contribution >= 0.6 is 0 Å². The number of anilines is 1. The van der Waals surface area contributed by atoms with Crippen molar-refractivity contribution < 1.29 is 9.53 Å². The van der Waals surface area contributed by atoms with E-state index in [1.165, 1.54) is 5.56 Å². The van der Waals surface area contributed by atoms with Crippen molar-refractivity contribution in [3.05, 3.63) is 59.2 Å². The summed E-state index contributed by atoms with van der Waals surface area (Å²) in [6, 6.07) is 13.2. The number of carbonyl (C=O) groups is 1. The minimum Gasteiger partial charge on any atom is -0.494 e. The average Bonchev–Trinajstić information content (AvgIpc) is 2.94. The van der Waals surface area contributed by atoms with Crippen LogP contribution in [0.5, 0.6) is 5.75 Å². The van der Waals surface area contributed by atoms with E-state index in [1.807, 2.05) is 43.3 Å². The lowest BCUT2D eigenvalue weighted by molar-refractivity contribution is 0.103. The molecule has 0 atom stereocenters. The summed E-state index contributed by atoms with van der Waals surface area (Å²) < 4.78 is 5.44. The summed E-state index contributed by atoms with van der Waals surface area (Å²) in [7, 11) is 0. The van der Waals surface area contributed by atoms with Gasteiger partial charge in [0, 0.05) is 23.4 Å². The zero-order valence-corrected chi connectivity index (χ0v) is 11.5. The van der Waals surface area contributed by atoms with Crippen LogP contribution in [0.4, 0.5) is 5.69 Å². The third-order valence-corrected chi connectivity index (χ3v) is 3.49. The monoisotopic (exact) mass is 267 g/mol. The Bertz CT molecular complexity index is 649. The lowest BCUT2D eigenvalue weighted by Crippen LogP contribution is -2.03. The Morgan fingerprint density at radius 3 is 2.90 bits per heavy atom. The number of rotatable bonds is 4. The van der Waals surface area contributed by atoms with Gasteiger partial charge in [0.05, 0.1) is 6.61 Å². The molecule has 0 saturated carbocycles. The van der Waals surface area contributed by atoms with Gasteiger partial charge in [0.25, 0.3) is 0 Å². The van der Waals surface area contributed by atoms with E-state index in [0.29, 0.717) is 17.7 Å². The molecule has 1 aliphatic rings. The van der Waals surface area contributed by atoms with Crippen LogP contribution in [0.25, 0.3) is 0 Å². The first-order valence-corrected chi connectivity index (χ1v) is 6.92. The molecule has 102 valence electrons. The van der Waals surface area contributed by atoms with E-state index in [1.54, 1.807) is 6.07 Å². The fourth-order valence-electron chi connectivity index (χ4n) is 2.49. The molecular weight excluding hydrogens is 250 g/mol. The van der Waals surface area contributed by atoms with Gasteiger partial charge < -0.3 is 10.1 Å². The molecule has 2 aromatic carbocycles. The largest absolute Gasteiger partial charge is 0.494 e. The van der Waals surface area contributed by atoms with Crippen LogP contribution < -0.4 is 10.1 Å². The number of nitrogens with one attached hydrogen (secondary N) is 1. The van der Waals surface area contributed by atoms with Crippen LogP contribution in [0.3, 0.4) is 0 Å². The van der Waals surface area contributed by atoms with Gasteiger partial charge in [-0.25, -0.2) is 0 Å². The van der Waals surface area contributed by atoms with E-state index in [2.05, 4.69) is 5.32 Å². The average molecular weight is 267 g/mol. The fraction of sp³-hybridized carbons (Fsp3) is 0.235. The molecule has 0 bridgehead atoms. The lowest BCUT2D eigenvalue weighted by atomic mass is 10.0. The van der Waals surface area contributed by atoms with E-state index >= 15 is 0 Å². The lowest BCUT2D eigenvalue weighted by Gasteiger charge is -2.07. The van der Waals surface area contributed by atoms with Crippen molar-refractivity contribution in [2.45, 2.75) is 13.3 Å². The Morgan fingerprint density at radius 2 is 2.05 bits per heavy atom. The second-order valence-corrected chi connectivity index (χ2v) is 4.84. The van der Waals surface area contributed by atoms with Gasteiger partial charge in [-0.15, -0.1) is 0 Å². The molecule has 1 heterocycles. The summed E-state index contributed by atoms with van der Waals surface area (Å²) in [5, 5.41) is 3.30. The second-order valence-electron chi connectivity index (χ2n) is 4.84. The van der Waals surface area contributed by atoms with Crippen LogP contribution in [0.15, 0.2) is 42.5 Å². The summed E-state index contributed by atoms with van der Waals surface area (Å²) >= 11 is 0. The molecule has 0 radical (unpaired) electrons. The highest BCUT2D eigenvalue weighted by molar-refractivity contribution is 6.09. The number of hydrogen-bond acceptors (Lipinski definition) is 3. The van der Waals surface area contributed by atoms with Crippen molar-refractivity contribution in [3.63, 3.8) is 0 Å². The maximum atomic E-state index is 12.5. The van der Waals surface area contributed by atoms with Crippen molar-refractivity contribution in [2.75, 3.05) is 18.5 Å². The standard InChI is InChI=1S/C17H17NO2/c1-2-20-15-5-3-4-13(10-15)17(19)14-7-6-12-8-9-18-16(12)11-14/h3-7,10-11,18H,2,8-9H2,1H3. The van der Waals surface area contributed by atoms with Crippen LogP contribution in [-0.4, -0.2) is 18.9 Å². The molecule has 2 aromatic rings. The zero-order valence-electron chi connectivity index (χ0n) is 11.5. The molecule has 3 nitrogen and oxygen atoms in total. The Balaban J connectivity index is 1.90. The Hall–Kier alpha value is -2.29. The predicted molar refractivity (Wildman–Crippen MR) is 79.7 cm³/mol. The van der Waals surface area contributed by atoms with Crippen LogP contribution in [0.1, 0.15) is 28.4 Å². The van der Waals surface area contributed by atoms with Crippen LogP contribution in [0, 0.1) is 0 Å². The number of ether oxygens (including phenoxy) is 1. The highest BCUT2D eigenvalue weighted by Gasteiger charge is 2.15. The summed E-state index contributed by atoms with van der Waals surface area (Å²) in [4.78, 5) is 12.5. The third kappa shape index (κ3) is 2.39. The molecule has 3 heteroatoms. The molecule has 0 unspecified atom stereocenters. The summed E-state index contributed by atoms with van der Waals surface area (Å²) in [5.74, 6) is 0.765. The summed E-state index contributed by atoms with van der Waals surface area (Å²) in [6.45, 7) is 3.48. The first-order valence-electron chi connectivity index (χ1n) is 6.92. The normalized spacial score (nSPS) is 12.7. The molecule has 0 aliphatic carbocycles. The van der Waals surface area contributed by atoms with E-state index in [4.69, 9.17) is 4.74 Å². The smallest absolute Gasteiger partial charge is 0.193 e. The topological polar surface area (TPSA) is 38.3 Å². The van der Waals surface area contributed by atoms with Crippen molar-refractivity contribution in [2.24, 2.45) is 0 Å². The van der Waals surface area contributed by atoms with E-state index in [-0.39, 0.29) is 5.78 Å². The van der Waals surface area contributed by atoms with Gasteiger partial charge >= 0.3 is 0 Å². The number of benzene rings is 2. The number of hydrogen-bond donors (Lipinski definition) is 1. The van der Waals surface area contributed by atoms with Gasteiger partial charge in [0.2, 0.25) is 0 Å². The van der Waals surface area contributed by atoms with E-state index in [0.717, 1.165) is 24.4 Å². The third-order valence-electron chi connectivity index (χ3n) is 3.49. The van der Waals surface area contributed by atoms with Crippen LogP contribution in [-0.2, 0) is 6.42 Å². The highest BCUT2D eigenvalue weighted by Crippen LogP contribution is 2.25. The van der Waals surface area contributed by atoms with Gasteiger partial charge in [-0.3, -0.25) is 4.79 Å². The second kappa shape index (κ2) is 5.37. The number of fused-ring (bicyclic) bond motifs is 1. The SMILES string of the molecule is CCOc1cccc(C(=O)c2ccc3c(c2)NCC3)c1. The van der Waals surface area contributed by atoms with Gasteiger partial charge in [-0.1, -0.05) is 24.3 Å². The van der Waals surface area contributed by atoms with Crippen LogP contribution in [0.2, 0.25) is 0 Å². The van der Waals surface area contributed by atoms with E-state index < -0.39 is 0 Å². The van der Waals surface area contributed by atoms with Gasteiger partial charge in [-0.2, -0.15) is 0 Å². The van der Waals surface area contributed by atoms with Gasteiger partial charge in [0.15, 0.2) is 5.78 Å². The predicted octanol–water partition coefficient (Wildman–Crippen LogP) is 3.28. The molecule has 1 N–H and O–H groups in total. The Labute approximate surface area is 118 Å². The number of ketones is 1. The Kier molecular flexibility index (Phi) is 3.42. The van der Waals surface area contributed by atoms with Gasteiger partial charge in [0.1, 0.15) is 5.75 Å². The quantitative estimate of drug-likeness (QED) is 0.864. The minimum absolute atomic E-state index is 0.0306.